The molecule has 1 fully saturated rings. The molecule has 3 aliphatic carbocycles. The monoisotopic (exact) mass is 918 g/mol. The molecule has 0 unspecified atom stereocenters. The van der Waals surface area contributed by atoms with Gasteiger partial charge in [-0.25, -0.2) is 0 Å². The van der Waals surface area contributed by atoms with Crippen molar-refractivity contribution in [2.75, 3.05) is 4.90 Å². The molecule has 2 heterocycles. The van der Waals surface area contributed by atoms with Crippen LogP contribution in [0.4, 0.5) is 17.1 Å². The van der Waals surface area contributed by atoms with Gasteiger partial charge in [0, 0.05) is 49.8 Å². The van der Waals surface area contributed by atoms with E-state index in [0.717, 1.165) is 17.1 Å². The normalized spacial score (nSPS) is 15.1. The van der Waals surface area contributed by atoms with Gasteiger partial charge >= 0.3 is 0 Å². The first-order chi connectivity index (χ1) is 35.4. The highest BCUT2D eigenvalue weighted by Crippen LogP contribution is 2.63. The summed E-state index contributed by atoms with van der Waals surface area (Å²) in [5.74, 6) is 0. The number of rotatable bonds is 5. The van der Waals surface area contributed by atoms with Crippen LogP contribution in [0, 0.1) is 0 Å². The number of benzene rings is 11. The molecule has 1 saturated carbocycles. The molecule has 0 atom stereocenters. The number of nitrogens with zero attached hydrogens (tertiary/aromatic N) is 2. The molecule has 2 heteroatoms. The second kappa shape index (κ2) is 14.6. The Morgan fingerprint density at radius 1 is 0.375 bits per heavy atom. The first-order valence-corrected chi connectivity index (χ1v) is 26.0. The molecule has 1 spiro atoms. The lowest BCUT2D eigenvalue weighted by Crippen LogP contribution is -2.20. The molecule has 1 aromatic heterocycles. The summed E-state index contributed by atoms with van der Waals surface area (Å²) in [6, 6.07) is 83.1. The van der Waals surface area contributed by atoms with Crippen LogP contribution in [0.2, 0.25) is 0 Å². The molecular weight excluding hydrogens is 869 g/mol. The first kappa shape index (κ1) is 40.3. The van der Waals surface area contributed by atoms with Crippen molar-refractivity contribution >= 4 is 60.4 Å². The summed E-state index contributed by atoms with van der Waals surface area (Å²) in [7, 11) is 0. The number of para-hydroxylation sites is 1. The number of fused-ring (bicyclic) bond motifs is 13. The van der Waals surface area contributed by atoms with Crippen LogP contribution in [0.25, 0.3) is 105 Å². The number of hydrogen-bond donors (Lipinski definition) is 0. The molecule has 0 N–H and O–H groups in total. The molecule has 12 aromatic rings. The fraction of sp³-hybridized carbons (Fsp3) is 0.114. The highest BCUT2D eigenvalue weighted by atomic mass is 15.1. The summed E-state index contributed by atoms with van der Waals surface area (Å²) in [6.45, 7) is 4.72. The van der Waals surface area contributed by atoms with Crippen molar-refractivity contribution in [3.63, 3.8) is 0 Å². The Morgan fingerprint density at radius 3 is 1.92 bits per heavy atom. The zero-order valence-corrected chi connectivity index (χ0v) is 40.5. The zero-order valence-electron chi connectivity index (χ0n) is 40.5. The number of anilines is 3. The van der Waals surface area contributed by atoms with E-state index in [1.165, 1.54) is 141 Å². The third-order valence-electron chi connectivity index (χ3n) is 17.6. The highest BCUT2D eigenvalue weighted by molar-refractivity contribution is 6.19. The van der Waals surface area contributed by atoms with Crippen LogP contribution in [-0.4, -0.2) is 4.57 Å². The Labute approximate surface area is 420 Å². The van der Waals surface area contributed by atoms with Gasteiger partial charge in [0.25, 0.3) is 0 Å². The van der Waals surface area contributed by atoms with E-state index in [0.29, 0.717) is 0 Å². The van der Waals surface area contributed by atoms with Crippen molar-refractivity contribution in [1.82, 2.24) is 4.57 Å². The predicted molar refractivity (Wildman–Crippen MR) is 303 cm³/mol. The lowest BCUT2D eigenvalue weighted by molar-refractivity contribution is 0.550. The lowest BCUT2D eigenvalue weighted by atomic mass is 9.76. The van der Waals surface area contributed by atoms with Crippen LogP contribution in [0.5, 0.6) is 0 Å². The standard InChI is InChI=1S/C70H50N2/c1-69(2)60-20-7-5-16-54(60)59-42-51(31-35-61(59)69)71(49-28-25-44(26-29-49)46-24-23-43-13-3-4-14-45(43)39-46)50-30-33-53-47(40-50)15-11-18-52(53)48-27-32-56-57-19-12-21-62-66(57)67-63(70(62)37-9-10-38-70)36-34-58-55-17-6-8-22-64(55)72(68(58)67)65(56)41-48/h3-8,11-36,39-42H,9-10,37-38H2,1-2H3. The van der Waals surface area contributed by atoms with Gasteiger partial charge in [-0.15, -0.1) is 0 Å². The SMILES string of the molecule is CC1(C)c2ccccc2-c2cc(N(c3ccc(-c4ccc5ccccc5c4)cc3)c3ccc4c(-c5ccc6c(c5)-n5c7ccccc7c7ccc8c(c75)-c5c-6cccc5C85CCCC5)cccc4c3)ccc21. The van der Waals surface area contributed by atoms with E-state index >= 15 is 0 Å². The van der Waals surface area contributed by atoms with Crippen molar-refractivity contribution in [1.29, 1.82) is 0 Å². The largest absolute Gasteiger partial charge is 0.310 e. The van der Waals surface area contributed by atoms with Crippen LogP contribution < -0.4 is 4.90 Å². The summed E-state index contributed by atoms with van der Waals surface area (Å²) in [5.41, 5.74) is 26.3. The van der Waals surface area contributed by atoms with E-state index in [4.69, 9.17) is 0 Å². The summed E-state index contributed by atoms with van der Waals surface area (Å²) in [6.07, 6.45) is 5.03. The van der Waals surface area contributed by atoms with Crippen molar-refractivity contribution in [2.45, 2.75) is 50.4 Å². The summed E-state index contributed by atoms with van der Waals surface area (Å²) in [5, 5.41) is 7.63. The first-order valence-electron chi connectivity index (χ1n) is 26.0. The van der Waals surface area contributed by atoms with Gasteiger partial charge in [-0.2, -0.15) is 0 Å². The smallest absolute Gasteiger partial charge is 0.0623 e. The molecule has 16 rings (SSSR count). The molecule has 1 aliphatic heterocycles. The minimum atomic E-state index is -0.0706. The van der Waals surface area contributed by atoms with Crippen LogP contribution >= 0.6 is 0 Å². The molecule has 0 bridgehead atoms. The Bertz CT molecular complexity index is 4310. The second-order valence-electron chi connectivity index (χ2n) is 21.5. The van der Waals surface area contributed by atoms with Gasteiger partial charge in [-0.3, -0.25) is 0 Å². The Morgan fingerprint density at radius 2 is 1.01 bits per heavy atom. The van der Waals surface area contributed by atoms with E-state index in [2.05, 4.69) is 242 Å². The molecule has 0 amide bonds. The van der Waals surface area contributed by atoms with Crippen LogP contribution in [0.1, 0.15) is 61.8 Å². The third-order valence-corrected chi connectivity index (χ3v) is 17.6. The average molecular weight is 919 g/mol. The van der Waals surface area contributed by atoms with Crippen molar-refractivity contribution in [3.05, 3.63) is 241 Å². The van der Waals surface area contributed by atoms with E-state index in [1.807, 2.05) is 0 Å². The Hall–Kier alpha value is -8.46. The molecule has 0 radical (unpaired) electrons. The lowest BCUT2D eigenvalue weighted by Gasteiger charge is -2.28. The van der Waals surface area contributed by atoms with Gasteiger partial charge in [0.2, 0.25) is 0 Å². The van der Waals surface area contributed by atoms with Gasteiger partial charge in [-0.05, 0) is 156 Å². The van der Waals surface area contributed by atoms with Gasteiger partial charge in [0.1, 0.15) is 0 Å². The molecular formula is C70H50N2. The van der Waals surface area contributed by atoms with Gasteiger partial charge in [0.05, 0.1) is 16.7 Å². The Kier molecular flexibility index (Phi) is 8.15. The maximum atomic E-state index is 2.63. The van der Waals surface area contributed by atoms with E-state index in [9.17, 15) is 0 Å². The molecule has 11 aromatic carbocycles. The van der Waals surface area contributed by atoms with E-state index < -0.39 is 0 Å². The van der Waals surface area contributed by atoms with E-state index in [-0.39, 0.29) is 10.8 Å². The highest BCUT2D eigenvalue weighted by Gasteiger charge is 2.48. The number of hydrogen-bond acceptors (Lipinski definition) is 1. The predicted octanol–water partition coefficient (Wildman–Crippen LogP) is 19.0. The summed E-state index contributed by atoms with van der Waals surface area (Å²) >= 11 is 0. The Balaban J connectivity index is 0.857. The van der Waals surface area contributed by atoms with Crippen LogP contribution in [0.15, 0.2) is 218 Å². The molecule has 340 valence electrons. The summed E-state index contributed by atoms with van der Waals surface area (Å²) in [4.78, 5) is 2.45. The molecule has 72 heavy (non-hydrogen) atoms. The minimum Gasteiger partial charge on any atom is -0.310 e. The molecule has 4 aliphatic rings. The maximum absolute atomic E-state index is 2.63. The van der Waals surface area contributed by atoms with Gasteiger partial charge in [-0.1, -0.05) is 190 Å². The van der Waals surface area contributed by atoms with Crippen molar-refractivity contribution in [3.8, 4) is 61.3 Å². The second-order valence-corrected chi connectivity index (χ2v) is 21.5. The third kappa shape index (κ3) is 5.39. The van der Waals surface area contributed by atoms with Crippen molar-refractivity contribution in [2.24, 2.45) is 0 Å². The average Bonchev–Trinajstić information content (AvgIpc) is 4.16. The minimum absolute atomic E-state index is 0.0706. The summed E-state index contributed by atoms with van der Waals surface area (Å²) < 4.78 is 2.63. The van der Waals surface area contributed by atoms with Crippen molar-refractivity contribution < 1.29 is 0 Å². The zero-order chi connectivity index (χ0) is 47.5. The van der Waals surface area contributed by atoms with Gasteiger partial charge < -0.3 is 9.47 Å². The number of aromatic nitrogens is 1. The van der Waals surface area contributed by atoms with Crippen LogP contribution in [-0.2, 0) is 10.8 Å². The fourth-order valence-electron chi connectivity index (χ4n) is 14.3. The van der Waals surface area contributed by atoms with Gasteiger partial charge in [0.15, 0.2) is 0 Å². The quantitative estimate of drug-likeness (QED) is 0.167. The fourth-order valence-corrected chi connectivity index (χ4v) is 14.3. The topological polar surface area (TPSA) is 8.17 Å². The molecule has 0 saturated heterocycles. The maximum Gasteiger partial charge on any atom is 0.0623 e. The van der Waals surface area contributed by atoms with Crippen LogP contribution in [0.3, 0.4) is 0 Å². The molecule has 2 nitrogen and oxygen atoms in total. The van der Waals surface area contributed by atoms with E-state index in [1.54, 1.807) is 11.1 Å².